The first-order valence-corrected chi connectivity index (χ1v) is 7.24. The molecule has 1 unspecified atom stereocenters. The van der Waals surface area contributed by atoms with Crippen LogP contribution < -0.4 is 10.1 Å². The van der Waals surface area contributed by atoms with E-state index in [2.05, 4.69) is 31.0 Å². The van der Waals surface area contributed by atoms with Crippen LogP contribution in [0.5, 0.6) is 5.75 Å². The van der Waals surface area contributed by atoms with Gasteiger partial charge in [-0.1, -0.05) is 18.2 Å². The van der Waals surface area contributed by atoms with Gasteiger partial charge in [0.1, 0.15) is 5.75 Å². The molecule has 1 fully saturated rings. The molecule has 1 aromatic rings. The van der Waals surface area contributed by atoms with Gasteiger partial charge >= 0.3 is 0 Å². The van der Waals surface area contributed by atoms with E-state index in [9.17, 15) is 0 Å². The minimum Gasteiger partial charge on any atom is -0.494 e. The number of benzene rings is 1. The first kappa shape index (κ1) is 14.4. The van der Waals surface area contributed by atoms with Crippen molar-refractivity contribution in [3.63, 3.8) is 0 Å². The van der Waals surface area contributed by atoms with Crippen molar-refractivity contribution in [3.05, 3.63) is 30.3 Å². The summed E-state index contributed by atoms with van der Waals surface area (Å²) in [6, 6.07) is 10.7. The third-order valence-electron chi connectivity index (χ3n) is 3.70. The van der Waals surface area contributed by atoms with Crippen molar-refractivity contribution < 1.29 is 4.74 Å². The summed E-state index contributed by atoms with van der Waals surface area (Å²) in [6.07, 6.45) is 1.08. The lowest BCUT2D eigenvalue weighted by atomic mass is 9.99. The summed E-state index contributed by atoms with van der Waals surface area (Å²) in [5.41, 5.74) is 0.229. The maximum absolute atomic E-state index is 5.74. The molecule has 0 bridgehead atoms. The minimum atomic E-state index is 0.229. The average Bonchev–Trinajstić information content (AvgIpc) is 2.40. The van der Waals surface area contributed by atoms with Crippen LogP contribution in [0.1, 0.15) is 27.2 Å². The number of piperazine rings is 1. The van der Waals surface area contributed by atoms with Crippen LogP contribution in [0, 0.1) is 0 Å². The smallest absolute Gasteiger partial charge is 0.119 e. The fourth-order valence-electron chi connectivity index (χ4n) is 2.55. The molecule has 0 aliphatic carbocycles. The number of ether oxygens (including phenoxy) is 1. The van der Waals surface area contributed by atoms with Crippen LogP contribution in [-0.2, 0) is 0 Å². The topological polar surface area (TPSA) is 24.5 Å². The van der Waals surface area contributed by atoms with Gasteiger partial charge in [-0.3, -0.25) is 4.90 Å². The molecule has 1 aliphatic rings. The summed E-state index contributed by atoms with van der Waals surface area (Å²) in [6.45, 7) is 10.9. The summed E-state index contributed by atoms with van der Waals surface area (Å²) in [5.74, 6) is 0.969. The molecule has 19 heavy (non-hydrogen) atoms. The molecule has 0 spiro atoms. The highest BCUT2D eigenvalue weighted by Crippen LogP contribution is 2.15. The van der Waals surface area contributed by atoms with E-state index in [1.165, 1.54) is 0 Å². The molecule has 3 nitrogen and oxygen atoms in total. The standard InChI is InChI=1S/C16H26N2O/c1-14-12-17-16(2,3)13-18(14)10-7-11-19-15-8-5-4-6-9-15/h4-6,8-9,14,17H,7,10-13H2,1-3H3. The normalized spacial score (nSPS) is 23.2. The van der Waals surface area contributed by atoms with Gasteiger partial charge in [-0.05, 0) is 39.3 Å². The number of hydrogen-bond donors (Lipinski definition) is 1. The Balaban J connectivity index is 1.70. The Labute approximate surface area is 116 Å². The van der Waals surface area contributed by atoms with Gasteiger partial charge in [0.05, 0.1) is 6.61 Å². The van der Waals surface area contributed by atoms with E-state index >= 15 is 0 Å². The van der Waals surface area contributed by atoms with E-state index in [1.807, 2.05) is 30.3 Å². The summed E-state index contributed by atoms with van der Waals surface area (Å²) in [7, 11) is 0. The molecular formula is C16H26N2O. The summed E-state index contributed by atoms with van der Waals surface area (Å²) >= 11 is 0. The van der Waals surface area contributed by atoms with Gasteiger partial charge in [0, 0.05) is 31.2 Å². The zero-order chi connectivity index (χ0) is 13.7. The highest BCUT2D eigenvalue weighted by molar-refractivity contribution is 5.20. The zero-order valence-electron chi connectivity index (χ0n) is 12.4. The zero-order valence-corrected chi connectivity index (χ0v) is 12.4. The molecule has 1 heterocycles. The molecule has 1 aliphatic heterocycles. The largest absolute Gasteiger partial charge is 0.494 e. The van der Waals surface area contributed by atoms with Crippen molar-refractivity contribution in [2.45, 2.75) is 38.8 Å². The second-order valence-electron chi connectivity index (χ2n) is 6.10. The first-order chi connectivity index (χ1) is 9.07. The van der Waals surface area contributed by atoms with E-state index in [0.29, 0.717) is 6.04 Å². The second kappa shape index (κ2) is 6.40. The fraction of sp³-hybridized carbons (Fsp3) is 0.625. The molecule has 0 saturated carbocycles. The molecule has 1 atom stereocenters. The third-order valence-corrected chi connectivity index (χ3v) is 3.70. The Morgan fingerprint density at radius 1 is 1.32 bits per heavy atom. The van der Waals surface area contributed by atoms with Crippen LogP contribution >= 0.6 is 0 Å². The van der Waals surface area contributed by atoms with Gasteiger partial charge in [0.15, 0.2) is 0 Å². The van der Waals surface area contributed by atoms with E-state index in [1.54, 1.807) is 0 Å². The van der Waals surface area contributed by atoms with Gasteiger partial charge in [-0.15, -0.1) is 0 Å². The Morgan fingerprint density at radius 3 is 2.79 bits per heavy atom. The Hall–Kier alpha value is -1.06. The van der Waals surface area contributed by atoms with Gasteiger partial charge < -0.3 is 10.1 Å². The van der Waals surface area contributed by atoms with E-state index in [-0.39, 0.29) is 5.54 Å². The van der Waals surface area contributed by atoms with Crippen molar-refractivity contribution in [2.24, 2.45) is 0 Å². The summed E-state index contributed by atoms with van der Waals surface area (Å²) in [5, 5.41) is 3.58. The van der Waals surface area contributed by atoms with E-state index in [4.69, 9.17) is 4.74 Å². The quantitative estimate of drug-likeness (QED) is 0.825. The average molecular weight is 262 g/mol. The summed E-state index contributed by atoms with van der Waals surface area (Å²) in [4.78, 5) is 2.56. The van der Waals surface area contributed by atoms with Crippen molar-refractivity contribution >= 4 is 0 Å². The Morgan fingerprint density at radius 2 is 2.05 bits per heavy atom. The minimum absolute atomic E-state index is 0.229. The maximum Gasteiger partial charge on any atom is 0.119 e. The fourth-order valence-corrected chi connectivity index (χ4v) is 2.55. The van der Waals surface area contributed by atoms with Gasteiger partial charge in [0.2, 0.25) is 0 Å². The SMILES string of the molecule is CC1CNC(C)(C)CN1CCCOc1ccccc1. The van der Waals surface area contributed by atoms with Crippen LogP contribution in [0.4, 0.5) is 0 Å². The lowest BCUT2D eigenvalue weighted by Gasteiger charge is -2.43. The van der Waals surface area contributed by atoms with Crippen LogP contribution in [0.15, 0.2) is 30.3 Å². The Kier molecular flexibility index (Phi) is 4.83. The highest BCUT2D eigenvalue weighted by Gasteiger charge is 2.29. The van der Waals surface area contributed by atoms with Crippen LogP contribution in [0.2, 0.25) is 0 Å². The van der Waals surface area contributed by atoms with Crippen molar-refractivity contribution in [2.75, 3.05) is 26.2 Å². The number of nitrogens with zero attached hydrogens (tertiary/aromatic N) is 1. The van der Waals surface area contributed by atoms with Crippen molar-refractivity contribution in [1.29, 1.82) is 0 Å². The molecule has 106 valence electrons. The number of hydrogen-bond acceptors (Lipinski definition) is 3. The Bertz CT molecular complexity index is 378. The van der Waals surface area contributed by atoms with Gasteiger partial charge in [-0.2, -0.15) is 0 Å². The van der Waals surface area contributed by atoms with Crippen LogP contribution in [-0.4, -0.2) is 42.7 Å². The van der Waals surface area contributed by atoms with Gasteiger partial charge in [0.25, 0.3) is 0 Å². The molecule has 0 amide bonds. The molecule has 0 radical (unpaired) electrons. The molecule has 1 aromatic carbocycles. The first-order valence-electron chi connectivity index (χ1n) is 7.24. The summed E-state index contributed by atoms with van der Waals surface area (Å²) < 4.78 is 5.74. The van der Waals surface area contributed by atoms with Crippen LogP contribution in [0.25, 0.3) is 0 Å². The van der Waals surface area contributed by atoms with Crippen molar-refractivity contribution in [3.8, 4) is 5.75 Å². The second-order valence-corrected chi connectivity index (χ2v) is 6.10. The van der Waals surface area contributed by atoms with E-state index < -0.39 is 0 Å². The van der Waals surface area contributed by atoms with E-state index in [0.717, 1.165) is 38.4 Å². The lowest BCUT2D eigenvalue weighted by Crippen LogP contribution is -2.60. The maximum atomic E-state index is 5.74. The molecule has 2 rings (SSSR count). The molecule has 0 aromatic heterocycles. The monoisotopic (exact) mass is 262 g/mol. The molecule has 1 saturated heterocycles. The van der Waals surface area contributed by atoms with Crippen LogP contribution in [0.3, 0.4) is 0 Å². The molecule has 1 N–H and O–H groups in total. The predicted molar refractivity (Wildman–Crippen MR) is 79.7 cm³/mol. The predicted octanol–water partition coefficient (Wildman–Crippen LogP) is 2.53. The number of nitrogens with one attached hydrogen (secondary N) is 1. The molecule has 3 heteroatoms. The van der Waals surface area contributed by atoms with Crippen molar-refractivity contribution in [1.82, 2.24) is 10.2 Å². The molecular weight excluding hydrogens is 236 g/mol. The van der Waals surface area contributed by atoms with Gasteiger partial charge in [-0.25, -0.2) is 0 Å². The highest BCUT2D eigenvalue weighted by atomic mass is 16.5. The third kappa shape index (κ3) is 4.51. The lowest BCUT2D eigenvalue weighted by molar-refractivity contribution is 0.0982. The number of rotatable bonds is 5. The number of para-hydroxylation sites is 1.